The van der Waals surface area contributed by atoms with Gasteiger partial charge < -0.3 is 4.90 Å². The van der Waals surface area contributed by atoms with E-state index in [9.17, 15) is 9.59 Å². The molecule has 3 unspecified atom stereocenters. The van der Waals surface area contributed by atoms with Gasteiger partial charge in [0.25, 0.3) is 0 Å². The minimum absolute atomic E-state index is 0.145. The van der Waals surface area contributed by atoms with Crippen LogP contribution in [0.15, 0.2) is 0 Å². The van der Waals surface area contributed by atoms with Crippen LogP contribution in [0.5, 0.6) is 0 Å². The lowest BCUT2D eigenvalue weighted by Gasteiger charge is -2.34. The van der Waals surface area contributed by atoms with Crippen LogP contribution in [0.4, 0.5) is 0 Å². The number of likely N-dealkylation sites (tertiary alicyclic amines) is 1. The van der Waals surface area contributed by atoms with E-state index in [1.807, 2.05) is 11.8 Å². The van der Waals surface area contributed by atoms with Gasteiger partial charge in [0.05, 0.1) is 5.25 Å². The van der Waals surface area contributed by atoms with Crippen molar-refractivity contribution in [3.05, 3.63) is 0 Å². The third kappa shape index (κ3) is 2.69. The van der Waals surface area contributed by atoms with Crippen LogP contribution in [-0.4, -0.2) is 40.2 Å². The highest BCUT2D eigenvalue weighted by Gasteiger charge is 2.41. The molecule has 3 aliphatic rings. The van der Waals surface area contributed by atoms with Crippen LogP contribution in [-0.2, 0) is 9.59 Å². The Morgan fingerprint density at radius 1 is 1.11 bits per heavy atom. The summed E-state index contributed by atoms with van der Waals surface area (Å²) in [6, 6.07) is 0.224. The van der Waals surface area contributed by atoms with Gasteiger partial charge in [0.2, 0.25) is 5.91 Å². The molecular formula is C15H23NO2S. The molecule has 0 spiro atoms. The number of hydrogen-bond donors (Lipinski definition) is 0. The predicted octanol–water partition coefficient (Wildman–Crippen LogP) is 2.63. The van der Waals surface area contributed by atoms with Crippen LogP contribution in [0.1, 0.15) is 51.4 Å². The summed E-state index contributed by atoms with van der Waals surface area (Å²) < 4.78 is 0. The number of carbonyl (C=O) groups is 2. The van der Waals surface area contributed by atoms with Crippen molar-refractivity contribution in [2.45, 2.75) is 62.7 Å². The van der Waals surface area contributed by atoms with Crippen molar-refractivity contribution >= 4 is 23.5 Å². The van der Waals surface area contributed by atoms with Crippen molar-refractivity contribution in [2.24, 2.45) is 5.92 Å². The van der Waals surface area contributed by atoms with E-state index in [1.165, 1.54) is 6.42 Å². The largest absolute Gasteiger partial charge is 0.338 e. The molecule has 1 saturated carbocycles. The molecule has 0 radical (unpaired) electrons. The summed E-state index contributed by atoms with van der Waals surface area (Å²) in [7, 11) is 0. The molecule has 0 bridgehead atoms. The summed E-state index contributed by atoms with van der Waals surface area (Å²) in [6.07, 6.45) is 8.28. The highest BCUT2D eigenvalue weighted by molar-refractivity contribution is 8.00. The Morgan fingerprint density at radius 2 is 2.00 bits per heavy atom. The molecule has 2 aliphatic heterocycles. The summed E-state index contributed by atoms with van der Waals surface area (Å²) >= 11 is 1.81. The molecule has 3 atom stereocenters. The van der Waals surface area contributed by atoms with Gasteiger partial charge >= 0.3 is 0 Å². The SMILES string of the molecule is O=C1CCCCC1C1CCCN1C(=O)C1CCCS1. The average molecular weight is 281 g/mol. The highest BCUT2D eigenvalue weighted by atomic mass is 32.2. The predicted molar refractivity (Wildman–Crippen MR) is 77.2 cm³/mol. The molecule has 0 aromatic heterocycles. The second kappa shape index (κ2) is 5.86. The lowest BCUT2D eigenvalue weighted by atomic mass is 9.81. The molecule has 4 heteroatoms. The Bertz CT molecular complexity index is 365. The van der Waals surface area contributed by atoms with Crippen molar-refractivity contribution in [1.29, 1.82) is 0 Å². The normalized spacial score (nSPS) is 35.9. The van der Waals surface area contributed by atoms with Gasteiger partial charge in [0.1, 0.15) is 5.78 Å². The van der Waals surface area contributed by atoms with Gasteiger partial charge in [-0.15, -0.1) is 11.8 Å². The van der Waals surface area contributed by atoms with Crippen molar-refractivity contribution in [2.75, 3.05) is 12.3 Å². The van der Waals surface area contributed by atoms with E-state index in [2.05, 4.69) is 4.90 Å². The Hall–Kier alpha value is -0.510. The molecule has 3 nitrogen and oxygen atoms in total. The van der Waals surface area contributed by atoms with Crippen molar-refractivity contribution < 1.29 is 9.59 Å². The summed E-state index contributed by atoms with van der Waals surface area (Å²) in [6.45, 7) is 0.879. The summed E-state index contributed by atoms with van der Waals surface area (Å²) in [5, 5.41) is 0.180. The maximum atomic E-state index is 12.6. The number of ketones is 1. The fourth-order valence-corrected chi connectivity index (χ4v) is 5.09. The molecule has 3 fully saturated rings. The van der Waals surface area contributed by atoms with Crippen LogP contribution in [0.2, 0.25) is 0 Å². The number of Topliss-reactive ketones (excluding diaryl/α,β-unsaturated/α-hetero) is 1. The second-order valence-corrected chi connectivity index (χ2v) is 7.37. The van der Waals surface area contributed by atoms with E-state index < -0.39 is 0 Å². The monoisotopic (exact) mass is 281 g/mol. The van der Waals surface area contributed by atoms with Crippen LogP contribution in [0.3, 0.4) is 0 Å². The highest BCUT2D eigenvalue weighted by Crippen LogP contribution is 2.35. The lowest BCUT2D eigenvalue weighted by molar-refractivity contribution is -0.135. The average Bonchev–Trinajstić information content (AvgIpc) is 3.10. The van der Waals surface area contributed by atoms with Crippen LogP contribution in [0, 0.1) is 5.92 Å². The minimum Gasteiger partial charge on any atom is -0.338 e. The van der Waals surface area contributed by atoms with Crippen molar-refractivity contribution in [1.82, 2.24) is 4.90 Å². The van der Waals surface area contributed by atoms with E-state index in [-0.39, 0.29) is 17.2 Å². The van der Waals surface area contributed by atoms with Gasteiger partial charge in [0.15, 0.2) is 0 Å². The zero-order valence-electron chi connectivity index (χ0n) is 11.5. The van der Waals surface area contributed by atoms with E-state index >= 15 is 0 Å². The van der Waals surface area contributed by atoms with E-state index in [0.717, 1.165) is 57.2 Å². The first-order valence-electron chi connectivity index (χ1n) is 7.72. The van der Waals surface area contributed by atoms with Gasteiger partial charge in [-0.3, -0.25) is 9.59 Å². The van der Waals surface area contributed by atoms with Crippen molar-refractivity contribution in [3.8, 4) is 0 Å². The summed E-state index contributed by atoms with van der Waals surface area (Å²) in [5.41, 5.74) is 0. The van der Waals surface area contributed by atoms with Gasteiger partial charge in [0, 0.05) is 24.9 Å². The third-order valence-electron chi connectivity index (χ3n) is 4.85. The first-order valence-corrected chi connectivity index (χ1v) is 8.77. The summed E-state index contributed by atoms with van der Waals surface area (Å²) in [4.78, 5) is 26.8. The summed E-state index contributed by atoms with van der Waals surface area (Å²) in [5.74, 6) is 2.00. The molecule has 2 saturated heterocycles. The van der Waals surface area contributed by atoms with E-state index in [0.29, 0.717) is 11.7 Å². The molecule has 3 rings (SSSR count). The molecular weight excluding hydrogens is 258 g/mol. The Balaban J connectivity index is 1.69. The molecule has 1 aliphatic carbocycles. The molecule has 1 amide bonds. The Morgan fingerprint density at radius 3 is 2.74 bits per heavy atom. The Labute approximate surface area is 119 Å². The molecule has 19 heavy (non-hydrogen) atoms. The number of thioether (sulfide) groups is 1. The smallest absolute Gasteiger partial charge is 0.235 e. The van der Waals surface area contributed by atoms with E-state index in [4.69, 9.17) is 0 Å². The molecule has 106 valence electrons. The zero-order valence-corrected chi connectivity index (χ0v) is 12.3. The number of nitrogens with zero attached hydrogens (tertiary/aromatic N) is 1. The van der Waals surface area contributed by atoms with Crippen molar-refractivity contribution in [3.63, 3.8) is 0 Å². The first-order chi connectivity index (χ1) is 9.27. The maximum Gasteiger partial charge on any atom is 0.235 e. The zero-order chi connectivity index (χ0) is 13.2. The number of hydrogen-bond acceptors (Lipinski definition) is 3. The maximum absolute atomic E-state index is 12.6. The second-order valence-electron chi connectivity index (χ2n) is 6.06. The quantitative estimate of drug-likeness (QED) is 0.781. The minimum atomic E-state index is 0.145. The van der Waals surface area contributed by atoms with E-state index in [1.54, 1.807) is 0 Å². The number of carbonyl (C=O) groups excluding carboxylic acids is 2. The number of rotatable bonds is 2. The topological polar surface area (TPSA) is 37.4 Å². The van der Waals surface area contributed by atoms with Gasteiger partial charge in [-0.05, 0) is 44.3 Å². The molecule has 2 heterocycles. The molecule has 0 aromatic rings. The van der Waals surface area contributed by atoms with Gasteiger partial charge in [-0.2, -0.15) is 0 Å². The van der Waals surface area contributed by atoms with Gasteiger partial charge in [-0.1, -0.05) is 6.42 Å². The lowest BCUT2D eigenvalue weighted by Crippen LogP contribution is -2.46. The third-order valence-corrected chi connectivity index (χ3v) is 6.22. The van der Waals surface area contributed by atoms with Crippen LogP contribution in [0.25, 0.3) is 0 Å². The molecule has 0 N–H and O–H groups in total. The Kier molecular flexibility index (Phi) is 4.15. The fraction of sp³-hybridized carbons (Fsp3) is 0.867. The first kappa shape index (κ1) is 13.5. The number of amides is 1. The fourth-order valence-electron chi connectivity index (χ4n) is 3.86. The van der Waals surface area contributed by atoms with Gasteiger partial charge in [-0.25, -0.2) is 0 Å². The van der Waals surface area contributed by atoms with Crippen LogP contribution < -0.4 is 0 Å². The standard InChI is InChI=1S/C15H23NO2S/c17-13-7-2-1-5-11(13)12-6-3-9-16(12)15(18)14-8-4-10-19-14/h11-12,14H,1-10H2. The van der Waals surface area contributed by atoms with Crippen LogP contribution >= 0.6 is 11.8 Å². The molecule has 0 aromatic carbocycles.